The Balaban J connectivity index is 0.00000300. The highest BCUT2D eigenvalue weighted by Gasteiger charge is 2.24. The van der Waals surface area contributed by atoms with Gasteiger partial charge in [-0.15, -0.1) is 24.0 Å². The number of likely N-dealkylation sites (tertiary alicyclic amines) is 1. The number of nitrogens with one attached hydrogen (secondary N) is 1. The molecule has 1 atom stereocenters. The van der Waals surface area contributed by atoms with E-state index >= 15 is 0 Å². The molecule has 2 N–H and O–H groups in total. The Morgan fingerprint density at radius 1 is 1.31 bits per heavy atom. The molecule has 2 aliphatic heterocycles. The number of halogens is 1. The molecule has 1 aromatic carbocycles. The number of rotatable bonds is 7. The van der Waals surface area contributed by atoms with E-state index in [1.807, 2.05) is 12.1 Å². The normalized spacial score (nSPS) is 20.4. The van der Waals surface area contributed by atoms with Crippen LogP contribution in [0.5, 0.6) is 11.5 Å². The quantitative estimate of drug-likeness (QED) is 0.328. The van der Waals surface area contributed by atoms with Crippen molar-refractivity contribution in [3.05, 3.63) is 23.8 Å². The van der Waals surface area contributed by atoms with Crippen molar-refractivity contribution in [3.63, 3.8) is 0 Å². The fraction of sp³-hybridized carbons (Fsp3) is 0.667. The average molecular weight is 519 g/mol. The topological polar surface area (TPSA) is 75.6 Å². The number of methoxy groups -OCH3 is 1. The van der Waals surface area contributed by atoms with E-state index in [0.29, 0.717) is 25.0 Å². The molecule has 0 saturated carbocycles. The van der Waals surface area contributed by atoms with Crippen LogP contribution < -0.4 is 10.1 Å². The van der Waals surface area contributed by atoms with E-state index in [-0.39, 0.29) is 35.8 Å². The largest absolute Gasteiger partial charge is 0.504 e. The lowest BCUT2D eigenvalue weighted by molar-refractivity contribution is -0.0367. The molecule has 2 fully saturated rings. The molecule has 2 aliphatic rings. The maximum atomic E-state index is 10.3. The Hall–Kier alpha value is -1.26. The van der Waals surface area contributed by atoms with Gasteiger partial charge in [0, 0.05) is 31.8 Å². The van der Waals surface area contributed by atoms with Crippen molar-refractivity contribution in [2.24, 2.45) is 4.99 Å². The van der Waals surface area contributed by atoms with Crippen LogP contribution in [0.4, 0.5) is 0 Å². The minimum Gasteiger partial charge on any atom is -0.504 e. The second-order valence-electron chi connectivity index (χ2n) is 7.29. The van der Waals surface area contributed by atoms with Crippen LogP contribution in [0, 0.1) is 0 Å². The van der Waals surface area contributed by atoms with E-state index in [2.05, 4.69) is 17.1 Å². The zero-order valence-electron chi connectivity index (χ0n) is 17.4. The van der Waals surface area contributed by atoms with Gasteiger partial charge >= 0.3 is 0 Å². The van der Waals surface area contributed by atoms with Gasteiger partial charge in [0.15, 0.2) is 17.5 Å². The van der Waals surface area contributed by atoms with E-state index in [1.54, 1.807) is 13.2 Å². The molecule has 29 heavy (non-hydrogen) atoms. The first-order valence-electron chi connectivity index (χ1n) is 10.3. The average Bonchev–Trinajstić information content (AvgIpc) is 3.25. The van der Waals surface area contributed by atoms with Crippen molar-refractivity contribution in [2.75, 3.05) is 40.0 Å². The number of nitrogens with zero attached hydrogens (tertiary/aromatic N) is 2. The molecule has 2 heterocycles. The van der Waals surface area contributed by atoms with Gasteiger partial charge < -0.3 is 29.5 Å². The number of aromatic hydroxyl groups is 1. The number of hydrogen-bond donors (Lipinski definition) is 2. The minimum atomic E-state index is 0. The summed E-state index contributed by atoms with van der Waals surface area (Å²) in [5.74, 6) is 1.51. The smallest absolute Gasteiger partial charge is 0.194 e. The van der Waals surface area contributed by atoms with Gasteiger partial charge in [-0.1, -0.05) is 12.1 Å². The number of ether oxygens (including phenoxy) is 3. The van der Waals surface area contributed by atoms with Gasteiger partial charge in [0.1, 0.15) is 0 Å². The van der Waals surface area contributed by atoms with Crippen molar-refractivity contribution in [3.8, 4) is 11.5 Å². The van der Waals surface area contributed by atoms with Gasteiger partial charge in [-0.2, -0.15) is 0 Å². The van der Waals surface area contributed by atoms with E-state index < -0.39 is 0 Å². The summed E-state index contributed by atoms with van der Waals surface area (Å²) in [7, 11) is 1.55. The summed E-state index contributed by atoms with van der Waals surface area (Å²) in [4.78, 5) is 7.00. The van der Waals surface area contributed by atoms with Crippen molar-refractivity contribution in [2.45, 2.75) is 51.4 Å². The maximum Gasteiger partial charge on any atom is 0.194 e. The van der Waals surface area contributed by atoms with Crippen LogP contribution in [0.25, 0.3) is 0 Å². The highest BCUT2D eigenvalue weighted by Crippen LogP contribution is 2.29. The summed E-state index contributed by atoms with van der Waals surface area (Å²) in [5.41, 5.74) is 0.754. The second kappa shape index (κ2) is 12.4. The van der Waals surface area contributed by atoms with Gasteiger partial charge in [-0.25, -0.2) is 4.99 Å². The molecule has 3 rings (SSSR count). The third-order valence-electron chi connectivity index (χ3n) is 5.32. The summed E-state index contributed by atoms with van der Waals surface area (Å²) in [6.07, 6.45) is 4.83. The van der Waals surface area contributed by atoms with Gasteiger partial charge in [0.05, 0.1) is 32.5 Å². The molecule has 0 aliphatic carbocycles. The monoisotopic (exact) mass is 519 g/mol. The van der Waals surface area contributed by atoms with Crippen LogP contribution in [-0.4, -0.2) is 68.1 Å². The summed E-state index contributed by atoms with van der Waals surface area (Å²) >= 11 is 0. The number of benzene rings is 1. The Bertz CT molecular complexity index is 645. The van der Waals surface area contributed by atoms with Crippen LogP contribution in [0.1, 0.15) is 38.2 Å². The van der Waals surface area contributed by atoms with Crippen LogP contribution >= 0.6 is 24.0 Å². The van der Waals surface area contributed by atoms with Crippen LogP contribution in [0.2, 0.25) is 0 Å². The highest BCUT2D eigenvalue weighted by atomic mass is 127. The third-order valence-corrected chi connectivity index (χ3v) is 5.32. The number of guanidine groups is 1. The van der Waals surface area contributed by atoms with E-state index in [1.165, 1.54) is 0 Å². The molecular weight excluding hydrogens is 485 g/mol. The minimum absolute atomic E-state index is 0. The Kier molecular flexibility index (Phi) is 10.3. The van der Waals surface area contributed by atoms with Crippen molar-refractivity contribution in [1.29, 1.82) is 0 Å². The Morgan fingerprint density at radius 3 is 2.76 bits per heavy atom. The number of phenolic OH excluding ortho intramolecular Hbond substituents is 1. The summed E-state index contributed by atoms with van der Waals surface area (Å²) in [6.45, 7) is 6.68. The lowest BCUT2D eigenvalue weighted by Crippen LogP contribution is -2.47. The van der Waals surface area contributed by atoms with Crippen LogP contribution in [0.15, 0.2) is 23.2 Å². The lowest BCUT2D eigenvalue weighted by Gasteiger charge is -2.34. The van der Waals surface area contributed by atoms with Gasteiger partial charge in [0.25, 0.3) is 0 Å². The fourth-order valence-corrected chi connectivity index (χ4v) is 3.70. The fourth-order valence-electron chi connectivity index (χ4n) is 3.70. The van der Waals surface area contributed by atoms with Crippen LogP contribution in [0.3, 0.4) is 0 Å². The molecule has 0 aromatic heterocycles. The number of aliphatic imine (C=N–C) groups is 1. The molecule has 164 valence electrons. The second-order valence-corrected chi connectivity index (χ2v) is 7.29. The van der Waals surface area contributed by atoms with Crippen molar-refractivity contribution < 1.29 is 19.3 Å². The molecule has 7 nitrogen and oxygen atoms in total. The number of para-hydroxylation sites is 1. The molecule has 0 radical (unpaired) electrons. The molecule has 8 heteroatoms. The first kappa shape index (κ1) is 24.0. The molecule has 0 amide bonds. The number of piperidine rings is 1. The maximum absolute atomic E-state index is 10.3. The zero-order chi connectivity index (χ0) is 19.8. The van der Waals surface area contributed by atoms with Gasteiger partial charge in [-0.05, 0) is 38.7 Å². The summed E-state index contributed by atoms with van der Waals surface area (Å²) in [5, 5.41) is 13.6. The molecule has 2 saturated heterocycles. The Morgan fingerprint density at radius 2 is 2.10 bits per heavy atom. The first-order chi connectivity index (χ1) is 13.7. The molecule has 0 bridgehead atoms. The lowest BCUT2D eigenvalue weighted by atomic mass is 10.1. The molecule has 0 spiro atoms. The molecule has 1 unspecified atom stereocenters. The molecule has 1 aromatic rings. The van der Waals surface area contributed by atoms with Crippen LogP contribution in [-0.2, 0) is 16.0 Å². The first-order valence-corrected chi connectivity index (χ1v) is 10.3. The zero-order valence-corrected chi connectivity index (χ0v) is 19.8. The van der Waals surface area contributed by atoms with E-state index in [4.69, 9.17) is 19.2 Å². The predicted octanol–water partition coefficient (Wildman–Crippen LogP) is 3.14. The highest BCUT2D eigenvalue weighted by molar-refractivity contribution is 14.0. The summed E-state index contributed by atoms with van der Waals surface area (Å²) < 4.78 is 16.9. The standard InChI is InChI=1S/C21H33N3O4.HI/c1-3-22-21(23-14-16-6-4-8-19(26-2)20(16)25)24-11-9-17(10-12-24)28-15-18-7-5-13-27-18;/h4,6,8,17-18,25H,3,5,7,9-15H2,1-2H3,(H,22,23);1H. The van der Waals surface area contributed by atoms with Gasteiger partial charge in [0.2, 0.25) is 0 Å². The number of phenols is 1. The van der Waals surface area contributed by atoms with E-state index in [0.717, 1.165) is 63.4 Å². The van der Waals surface area contributed by atoms with Crippen molar-refractivity contribution in [1.82, 2.24) is 10.2 Å². The van der Waals surface area contributed by atoms with E-state index in [9.17, 15) is 5.11 Å². The molecular formula is C21H34IN3O4. The predicted molar refractivity (Wildman–Crippen MR) is 124 cm³/mol. The Labute approximate surface area is 190 Å². The van der Waals surface area contributed by atoms with Crippen molar-refractivity contribution >= 4 is 29.9 Å². The third kappa shape index (κ3) is 6.89. The number of hydrogen-bond acceptors (Lipinski definition) is 5. The van der Waals surface area contributed by atoms with Gasteiger partial charge in [-0.3, -0.25) is 0 Å². The SMILES string of the molecule is CCNC(=NCc1cccc(OC)c1O)N1CCC(OCC2CCCO2)CC1.I. The summed E-state index contributed by atoms with van der Waals surface area (Å²) in [6, 6.07) is 5.48.